The third-order valence-electron chi connectivity index (χ3n) is 1.09. The standard InChI is InChI=1S/C5H12N2O2/c1-5(2)7(9)4-3-6-8/h5,7H,3-4H2,1-2H3. The SMILES string of the molecule is CC(C)[NH+]([O-])CCN=O. The van der Waals surface area contributed by atoms with Crippen molar-refractivity contribution in [2.75, 3.05) is 13.1 Å². The van der Waals surface area contributed by atoms with Crippen molar-refractivity contribution < 1.29 is 5.06 Å². The van der Waals surface area contributed by atoms with Gasteiger partial charge in [-0.05, 0) is 13.8 Å². The van der Waals surface area contributed by atoms with Gasteiger partial charge in [0.2, 0.25) is 0 Å². The van der Waals surface area contributed by atoms with Crippen LogP contribution in [0.15, 0.2) is 5.18 Å². The van der Waals surface area contributed by atoms with E-state index < -0.39 is 0 Å². The van der Waals surface area contributed by atoms with Crippen LogP contribution in [-0.4, -0.2) is 19.1 Å². The van der Waals surface area contributed by atoms with Crippen molar-refractivity contribution in [3.05, 3.63) is 10.1 Å². The first-order valence-electron chi connectivity index (χ1n) is 3.00. The maximum Gasteiger partial charge on any atom is 0.130 e. The summed E-state index contributed by atoms with van der Waals surface area (Å²) >= 11 is 0. The normalized spacial score (nSPS) is 13.8. The zero-order valence-electron chi connectivity index (χ0n) is 5.76. The third kappa shape index (κ3) is 4.05. The Balaban J connectivity index is 3.26. The van der Waals surface area contributed by atoms with Crippen molar-refractivity contribution in [3.63, 3.8) is 0 Å². The van der Waals surface area contributed by atoms with Crippen LogP contribution in [0.2, 0.25) is 0 Å². The van der Waals surface area contributed by atoms with Gasteiger partial charge in [-0.2, -0.15) is 4.91 Å². The van der Waals surface area contributed by atoms with E-state index in [9.17, 15) is 10.1 Å². The number of nitroso groups, excluding NO2 is 1. The van der Waals surface area contributed by atoms with E-state index in [4.69, 9.17) is 0 Å². The number of hydrogen-bond acceptors (Lipinski definition) is 3. The van der Waals surface area contributed by atoms with Gasteiger partial charge in [0.05, 0.1) is 6.04 Å². The molecule has 0 saturated carbocycles. The first-order chi connectivity index (χ1) is 4.18. The average molecular weight is 132 g/mol. The molecule has 9 heavy (non-hydrogen) atoms. The Morgan fingerprint density at radius 2 is 2.22 bits per heavy atom. The molecule has 0 aromatic rings. The number of hydroxylamine groups is 2. The van der Waals surface area contributed by atoms with Crippen LogP contribution in [-0.2, 0) is 0 Å². The van der Waals surface area contributed by atoms with Gasteiger partial charge in [0.1, 0.15) is 13.1 Å². The lowest BCUT2D eigenvalue weighted by Gasteiger charge is -2.24. The van der Waals surface area contributed by atoms with Gasteiger partial charge in [0.15, 0.2) is 0 Å². The van der Waals surface area contributed by atoms with Gasteiger partial charge in [0, 0.05) is 0 Å². The molecular weight excluding hydrogens is 120 g/mol. The van der Waals surface area contributed by atoms with E-state index in [0.29, 0.717) is 6.54 Å². The second kappa shape index (κ2) is 4.40. The second-order valence-electron chi connectivity index (χ2n) is 2.22. The molecule has 0 aliphatic rings. The van der Waals surface area contributed by atoms with Crippen molar-refractivity contribution in [1.82, 2.24) is 0 Å². The van der Waals surface area contributed by atoms with E-state index >= 15 is 0 Å². The summed E-state index contributed by atoms with van der Waals surface area (Å²) in [6.07, 6.45) is 0. The summed E-state index contributed by atoms with van der Waals surface area (Å²) in [6.45, 7) is 4.04. The molecular formula is C5H12N2O2. The molecule has 4 nitrogen and oxygen atoms in total. The zero-order valence-corrected chi connectivity index (χ0v) is 5.76. The molecule has 0 aliphatic heterocycles. The fourth-order valence-corrected chi connectivity index (χ4v) is 0.445. The van der Waals surface area contributed by atoms with Gasteiger partial charge in [-0.15, -0.1) is 0 Å². The summed E-state index contributed by atoms with van der Waals surface area (Å²) in [7, 11) is 0. The van der Waals surface area contributed by atoms with Crippen LogP contribution >= 0.6 is 0 Å². The number of hydrogen-bond donors (Lipinski definition) is 1. The molecule has 0 aromatic carbocycles. The van der Waals surface area contributed by atoms with Crippen LogP contribution in [0.25, 0.3) is 0 Å². The Bertz CT molecular complexity index is 85.0. The Morgan fingerprint density at radius 3 is 2.56 bits per heavy atom. The van der Waals surface area contributed by atoms with E-state index in [1.165, 1.54) is 0 Å². The van der Waals surface area contributed by atoms with Crippen LogP contribution < -0.4 is 5.06 Å². The summed E-state index contributed by atoms with van der Waals surface area (Å²) in [5.74, 6) is 0. The minimum Gasteiger partial charge on any atom is -0.634 e. The van der Waals surface area contributed by atoms with Crippen molar-refractivity contribution >= 4 is 0 Å². The minimum absolute atomic E-state index is 0.0340. The van der Waals surface area contributed by atoms with E-state index in [0.717, 1.165) is 0 Å². The monoisotopic (exact) mass is 132 g/mol. The summed E-state index contributed by atoms with van der Waals surface area (Å²) in [5, 5.41) is 13.4. The quantitative estimate of drug-likeness (QED) is 0.416. The molecule has 0 aromatic heterocycles. The Morgan fingerprint density at radius 1 is 1.67 bits per heavy atom. The Hall–Kier alpha value is -0.480. The van der Waals surface area contributed by atoms with Crippen LogP contribution in [0.4, 0.5) is 0 Å². The van der Waals surface area contributed by atoms with Gasteiger partial charge in [-0.25, -0.2) is 0 Å². The molecule has 4 heteroatoms. The lowest BCUT2D eigenvalue weighted by molar-refractivity contribution is -0.869. The topological polar surface area (TPSA) is 56.9 Å². The predicted octanol–water partition coefficient (Wildman–Crippen LogP) is -0.456. The zero-order chi connectivity index (χ0) is 7.28. The van der Waals surface area contributed by atoms with E-state index in [2.05, 4.69) is 5.18 Å². The first-order valence-corrected chi connectivity index (χ1v) is 3.00. The highest BCUT2D eigenvalue weighted by Gasteiger charge is 2.00. The fraction of sp³-hybridized carbons (Fsp3) is 1.00. The van der Waals surface area contributed by atoms with Gasteiger partial charge in [-0.3, -0.25) is 0 Å². The fourth-order valence-electron chi connectivity index (χ4n) is 0.445. The van der Waals surface area contributed by atoms with E-state index in [-0.39, 0.29) is 17.6 Å². The maximum atomic E-state index is 10.7. The van der Waals surface area contributed by atoms with Crippen molar-refractivity contribution in [3.8, 4) is 0 Å². The molecule has 0 aliphatic carbocycles. The Labute approximate surface area is 54.4 Å². The van der Waals surface area contributed by atoms with Crippen LogP contribution in [0, 0.1) is 10.1 Å². The smallest absolute Gasteiger partial charge is 0.130 e. The highest BCUT2D eigenvalue weighted by atomic mass is 16.5. The first kappa shape index (κ1) is 8.52. The highest BCUT2D eigenvalue weighted by molar-refractivity contribution is 4.39. The number of rotatable bonds is 4. The van der Waals surface area contributed by atoms with Crippen molar-refractivity contribution in [1.29, 1.82) is 0 Å². The lowest BCUT2D eigenvalue weighted by Crippen LogP contribution is -3.10. The number of nitrogens with zero attached hydrogens (tertiary/aromatic N) is 1. The molecule has 0 rings (SSSR count). The highest BCUT2D eigenvalue weighted by Crippen LogP contribution is 1.66. The summed E-state index contributed by atoms with van der Waals surface area (Å²) < 4.78 is 0. The molecule has 0 heterocycles. The molecule has 54 valence electrons. The largest absolute Gasteiger partial charge is 0.634 e. The maximum absolute atomic E-state index is 10.7. The predicted molar refractivity (Wildman–Crippen MR) is 35.0 cm³/mol. The lowest BCUT2D eigenvalue weighted by atomic mass is 10.4. The minimum atomic E-state index is 0.0340. The number of quaternary nitrogens is 1. The summed E-state index contributed by atoms with van der Waals surface area (Å²) in [6, 6.07) is 0.0340. The molecule has 1 atom stereocenters. The van der Waals surface area contributed by atoms with Gasteiger partial charge in [0.25, 0.3) is 0 Å². The van der Waals surface area contributed by atoms with Crippen LogP contribution in [0.3, 0.4) is 0 Å². The molecule has 0 radical (unpaired) electrons. The van der Waals surface area contributed by atoms with Crippen molar-refractivity contribution in [2.24, 2.45) is 5.18 Å². The molecule has 1 N–H and O–H groups in total. The molecule has 1 unspecified atom stereocenters. The molecule has 0 bridgehead atoms. The van der Waals surface area contributed by atoms with Gasteiger partial charge in [-0.1, -0.05) is 5.18 Å². The van der Waals surface area contributed by atoms with Crippen LogP contribution in [0.1, 0.15) is 13.8 Å². The van der Waals surface area contributed by atoms with E-state index in [1.807, 2.05) is 13.8 Å². The molecule has 0 saturated heterocycles. The molecule has 0 spiro atoms. The van der Waals surface area contributed by atoms with Gasteiger partial charge >= 0.3 is 0 Å². The van der Waals surface area contributed by atoms with Gasteiger partial charge < -0.3 is 10.3 Å². The van der Waals surface area contributed by atoms with E-state index in [1.54, 1.807) is 0 Å². The third-order valence-corrected chi connectivity index (χ3v) is 1.09. The number of nitrogens with one attached hydrogen (secondary N) is 1. The molecule has 0 amide bonds. The average Bonchev–Trinajstić information content (AvgIpc) is 1.82. The summed E-state index contributed by atoms with van der Waals surface area (Å²) in [5.41, 5.74) is 0. The van der Waals surface area contributed by atoms with Crippen molar-refractivity contribution in [2.45, 2.75) is 19.9 Å². The summed E-state index contributed by atoms with van der Waals surface area (Å²) in [4.78, 5) is 9.53. The molecule has 0 fully saturated rings. The second-order valence-corrected chi connectivity index (χ2v) is 2.22. The Kier molecular flexibility index (Phi) is 4.17. The van der Waals surface area contributed by atoms with Crippen LogP contribution in [0.5, 0.6) is 0 Å².